The molecule has 2 aromatic rings. The first-order valence-electron chi connectivity index (χ1n) is 8.42. The van der Waals surface area contributed by atoms with E-state index in [-0.39, 0.29) is 17.1 Å². The molecule has 0 saturated heterocycles. The number of rotatable bonds is 4. The standard InChI is InChI=1S/C21H16BrCl2NO4/c1-11-19(21(27)29-3)15(9-12-8-13(22)4-7-18(12)28-2)20(26)25(11)14-5-6-16(23)17(24)10-14/h4-10H,1-3H3/b15-9-. The minimum Gasteiger partial charge on any atom is -0.496 e. The van der Waals surface area contributed by atoms with Gasteiger partial charge in [0.05, 0.1) is 41.1 Å². The van der Waals surface area contributed by atoms with E-state index in [1.165, 1.54) is 19.1 Å². The number of carbonyl (C=O) groups excluding carboxylic acids is 2. The minimum atomic E-state index is -0.612. The van der Waals surface area contributed by atoms with E-state index in [2.05, 4.69) is 15.9 Å². The first-order valence-corrected chi connectivity index (χ1v) is 9.97. The number of methoxy groups -OCH3 is 2. The van der Waals surface area contributed by atoms with Gasteiger partial charge in [-0.2, -0.15) is 0 Å². The number of anilines is 1. The van der Waals surface area contributed by atoms with Gasteiger partial charge in [0, 0.05) is 15.7 Å². The van der Waals surface area contributed by atoms with Crippen LogP contribution in [0, 0.1) is 0 Å². The number of hydrogen-bond acceptors (Lipinski definition) is 4. The fourth-order valence-electron chi connectivity index (χ4n) is 3.09. The highest BCUT2D eigenvalue weighted by Crippen LogP contribution is 2.38. The van der Waals surface area contributed by atoms with Crippen molar-refractivity contribution < 1.29 is 19.1 Å². The lowest BCUT2D eigenvalue weighted by atomic mass is 10.0. The maximum atomic E-state index is 13.3. The molecule has 0 saturated carbocycles. The lowest BCUT2D eigenvalue weighted by Crippen LogP contribution is -2.24. The SMILES string of the molecule is COC(=O)C1=C(C)N(c2ccc(Cl)c(Cl)c2)C(=O)/C1=C\c1cc(Br)ccc1OC. The van der Waals surface area contributed by atoms with Crippen molar-refractivity contribution in [3.63, 3.8) is 0 Å². The Hall–Kier alpha value is -2.28. The number of hydrogen-bond donors (Lipinski definition) is 0. The van der Waals surface area contributed by atoms with Crippen LogP contribution in [-0.2, 0) is 14.3 Å². The Morgan fingerprint density at radius 2 is 1.83 bits per heavy atom. The number of amides is 1. The molecule has 5 nitrogen and oxygen atoms in total. The topological polar surface area (TPSA) is 55.8 Å². The van der Waals surface area contributed by atoms with Gasteiger partial charge in [-0.3, -0.25) is 9.69 Å². The summed E-state index contributed by atoms with van der Waals surface area (Å²) in [6.45, 7) is 1.67. The van der Waals surface area contributed by atoms with Crippen molar-refractivity contribution in [2.75, 3.05) is 19.1 Å². The fourth-order valence-corrected chi connectivity index (χ4v) is 3.76. The van der Waals surface area contributed by atoms with Gasteiger partial charge >= 0.3 is 5.97 Å². The van der Waals surface area contributed by atoms with Gasteiger partial charge in [-0.15, -0.1) is 0 Å². The van der Waals surface area contributed by atoms with Crippen LogP contribution in [0.5, 0.6) is 5.75 Å². The van der Waals surface area contributed by atoms with Crippen LogP contribution in [0.4, 0.5) is 5.69 Å². The van der Waals surface area contributed by atoms with Crippen LogP contribution < -0.4 is 9.64 Å². The molecule has 0 spiro atoms. The van der Waals surface area contributed by atoms with Crippen molar-refractivity contribution in [1.82, 2.24) is 0 Å². The third kappa shape index (κ3) is 4.06. The predicted molar refractivity (Wildman–Crippen MR) is 117 cm³/mol. The second kappa shape index (κ2) is 8.61. The maximum absolute atomic E-state index is 13.3. The molecule has 8 heteroatoms. The van der Waals surface area contributed by atoms with Gasteiger partial charge in [0.1, 0.15) is 5.75 Å². The molecule has 0 atom stereocenters. The number of allylic oxidation sites excluding steroid dienone is 1. The van der Waals surface area contributed by atoms with Crippen LogP contribution in [0.2, 0.25) is 10.0 Å². The molecule has 2 aromatic carbocycles. The molecule has 1 aliphatic heterocycles. The number of benzene rings is 2. The highest BCUT2D eigenvalue weighted by atomic mass is 79.9. The molecule has 0 bridgehead atoms. The quantitative estimate of drug-likeness (QED) is 0.406. The van der Waals surface area contributed by atoms with Crippen molar-refractivity contribution in [2.45, 2.75) is 6.92 Å². The van der Waals surface area contributed by atoms with E-state index in [0.29, 0.717) is 32.7 Å². The predicted octanol–water partition coefficient (Wildman–Crippen LogP) is 5.64. The van der Waals surface area contributed by atoms with Crippen molar-refractivity contribution in [1.29, 1.82) is 0 Å². The largest absolute Gasteiger partial charge is 0.496 e. The zero-order valence-corrected chi connectivity index (χ0v) is 18.9. The highest BCUT2D eigenvalue weighted by molar-refractivity contribution is 9.10. The summed E-state index contributed by atoms with van der Waals surface area (Å²) in [5, 5.41) is 0.669. The van der Waals surface area contributed by atoms with Gasteiger partial charge in [0.2, 0.25) is 0 Å². The van der Waals surface area contributed by atoms with Crippen LogP contribution in [0.3, 0.4) is 0 Å². The summed E-state index contributed by atoms with van der Waals surface area (Å²) in [5.74, 6) is -0.440. The Labute approximate surface area is 186 Å². The Balaban J connectivity index is 2.19. The number of nitrogens with zero attached hydrogens (tertiary/aromatic N) is 1. The molecular formula is C21H16BrCl2NO4. The normalized spacial score (nSPS) is 15.3. The third-order valence-corrected chi connectivity index (χ3v) is 5.67. The van der Waals surface area contributed by atoms with Gasteiger partial charge in [-0.05, 0) is 49.4 Å². The first-order chi connectivity index (χ1) is 13.8. The molecule has 1 amide bonds. The van der Waals surface area contributed by atoms with E-state index < -0.39 is 5.97 Å². The zero-order chi connectivity index (χ0) is 21.3. The molecule has 0 aliphatic carbocycles. The van der Waals surface area contributed by atoms with Gasteiger partial charge in [0.25, 0.3) is 5.91 Å². The van der Waals surface area contributed by atoms with E-state index in [9.17, 15) is 9.59 Å². The monoisotopic (exact) mass is 495 g/mol. The molecule has 150 valence electrons. The Kier molecular flexibility index (Phi) is 6.36. The van der Waals surface area contributed by atoms with Crippen molar-refractivity contribution in [3.8, 4) is 5.75 Å². The van der Waals surface area contributed by atoms with Crippen LogP contribution in [0.1, 0.15) is 12.5 Å². The number of ether oxygens (including phenoxy) is 2. The van der Waals surface area contributed by atoms with Crippen molar-refractivity contribution >= 4 is 62.8 Å². The number of carbonyl (C=O) groups is 2. The molecule has 0 fully saturated rings. The summed E-state index contributed by atoms with van der Waals surface area (Å²) in [4.78, 5) is 27.2. The fraction of sp³-hybridized carbons (Fsp3) is 0.143. The summed E-state index contributed by atoms with van der Waals surface area (Å²) >= 11 is 15.5. The number of halogens is 3. The molecule has 1 aliphatic rings. The molecule has 0 unspecified atom stereocenters. The van der Waals surface area contributed by atoms with Crippen LogP contribution in [-0.4, -0.2) is 26.1 Å². The summed E-state index contributed by atoms with van der Waals surface area (Å²) in [7, 11) is 2.80. The minimum absolute atomic E-state index is 0.172. The van der Waals surface area contributed by atoms with Crippen molar-refractivity contribution in [2.24, 2.45) is 0 Å². The van der Waals surface area contributed by atoms with Gasteiger partial charge in [0.15, 0.2) is 0 Å². The molecule has 0 radical (unpaired) electrons. The summed E-state index contributed by atoms with van der Waals surface area (Å²) in [6, 6.07) is 10.2. The number of esters is 1. The molecule has 1 heterocycles. The Morgan fingerprint density at radius 1 is 1.10 bits per heavy atom. The third-order valence-electron chi connectivity index (χ3n) is 4.44. The second-order valence-electron chi connectivity index (χ2n) is 6.14. The molecular weight excluding hydrogens is 481 g/mol. The Morgan fingerprint density at radius 3 is 2.45 bits per heavy atom. The Bertz CT molecular complexity index is 1080. The van der Waals surface area contributed by atoms with E-state index in [0.717, 1.165) is 4.47 Å². The molecule has 3 rings (SSSR count). The average Bonchev–Trinajstić information content (AvgIpc) is 2.93. The van der Waals surface area contributed by atoms with E-state index >= 15 is 0 Å². The van der Waals surface area contributed by atoms with E-state index in [4.69, 9.17) is 32.7 Å². The smallest absolute Gasteiger partial charge is 0.340 e. The van der Waals surface area contributed by atoms with Crippen molar-refractivity contribution in [3.05, 3.63) is 73.3 Å². The summed E-state index contributed by atoms with van der Waals surface area (Å²) in [5.41, 5.74) is 1.92. The van der Waals surface area contributed by atoms with Gasteiger partial charge in [-0.1, -0.05) is 39.1 Å². The van der Waals surface area contributed by atoms with Crippen LogP contribution in [0.15, 0.2) is 57.7 Å². The zero-order valence-electron chi connectivity index (χ0n) is 15.8. The average molecular weight is 497 g/mol. The summed E-state index contributed by atoms with van der Waals surface area (Å²) in [6.07, 6.45) is 1.61. The molecule has 0 N–H and O–H groups in total. The second-order valence-corrected chi connectivity index (χ2v) is 7.87. The summed E-state index contributed by atoms with van der Waals surface area (Å²) < 4.78 is 11.1. The lowest BCUT2D eigenvalue weighted by Gasteiger charge is -2.18. The van der Waals surface area contributed by atoms with Crippen LogP contribution >= 0.6 is 39.1 Å². The van der Waals surface area contributed by atoms with Crippen LogP contribution in [0.25, 0.3) is 6.08 Å². The molecule has 0 aromatic heterocycles. The lowest BCUT2D eigenvalue weighted by molar-refractivity contribution is -0.136. The first kappa shape index (κ1) is 21.4. The van der Waals surface area contributed by atoms with Gasteiger partial charge in [-0.25, -0.2) is 4.79 Å². The van der Waals surface area contributed by atoms with E-state index in [1.54, 1.807) is 43.3 Å². The van der Waals surface area contributed by atoms with E-state index in [1.807, 2.05) is 6.07 Å². The molecule has 29 heavy (non-hydrogen) atoms. The van der Waals surface area contributed by atoms with Gasteiger partial charge < -0.3 is 9.47 Å². The maximum Gasteiger partial charge on any atom is 0.340 e. The highest BCUT2D eigenvalue weighted by Gasteiger charge is 2.38.